The first-order valence-electron chi connectivity index (χ1n) is 7.09. The van der Waals surface area contributed by atoms with E-state index in [1.165, 1.54) is 24.3 Å². The van der Waals surface area contributed by atoms with Crippen LogP contribution in [0.3, 0.4) is 0 Å². The number of aromatic hydroxyl groups is 1. The Morgan fingerprint density at radius 3 is 2.36 bits per heavy atom. The maximum atomic E-state index is 12.9. The van der Waals surface area contributed by atoms with Crippen molar-refractivity contribution in [1.82, 2.24) is 9.55 Å². The number of hydrogen-bond acceptors (Lipinski definition) is 4. The zero-order valence-electron chi connectivity index (χ0n) is 12.6. The zero-order valence-corrected chi connectivity index (χ0v) is 14.2. The van der Waals surface area contributed by atoms with Gasteiger partial charge in [-0.2, -0.15) is 0 Å². The molecule has 2 aromatic carbocycles. The third-order valence-electron chi connectivity index (χ3n) is 3.38. The molecule has 1 aromatic heterocycles. The van der Waals surface area contributed by atoms with Gasteiger partial charge < -0.3 is 5.11 Å². The van der Waals surface area contributed by atoms with Crippen LogP contribution in [0.15, 0.2) is 67.6 Å². The maximum Gasteiger partial charge on any atom is 0.335 e. The fourth-order valence-electron chi connectivity index (χ4n) is 2.15. The first-order chi connectivity index (χ1) is 12.0. The second-order valence-electron chi connectivity index (χ2n) is 5.04. The smallest absolute Gasteiger partial charge is 0.335 e. The molecular weight excluding hydrogens is 393 g/mol. The lowest BCUT2D eigenvalue weighted by atomic mass is 10.3. The van der Waals surface area contributed by atoms with Gasteiger partial charge in [0.25, 0.3) is 5.56 Å². The average molecular weight is 404 g/mol. The molecule has 1 heterocycles. The van der Waals surface area contributed by atoms with Gasteiger partial charge >= 0.3 is 5.69 Å². The number of aromatic amines is 1. The van der Waals surface area contributed by atoms with Crippen LogP contribution < -0.4 is 11.2 Å². The zero-order chi connectivity index (χ0) is 18.0. The van der Waals surface area contributed by atoms with Crippen molar-refractivity contribution in [2.45, 2.75) is 0 Å². The van der Waals surface area contributed by atoms with Crippen LogP contribution in [0.25, 0.3) is 5.69 Å². The first-order valence-corrected chi connectivity index (χ1v) is 7.89. The van der Waals surface area contributed by atoms with E-state index < -0.39 is 22.9 Å². The van der Waals surface area contributed by atoms with E-state index in [9.17, 15) is 19.1 Å². The Kier molecular flexibility index (Phi) is 4.62. The number of H-pyrrole nitrogens is 1. The van der Waals surface area contributed by atoms with Crippen LogP contribution in [0.4, 0.5) is 10.1 Å². The topological polar surface area (TPSA) is 87.5 Å². The van der Waals surface area contributed by atoms with Crippen molar-refractivity contribution in [3.05, 3.63) is 85.2 Å². The molecule has 0 atom stereocenters. The average Bonchev–Trinajstić information content (AvgIpc) is 2.57. The molecule has 3 aromatic rings. The van der Waals surface area contributed by atoms with E-state index in [4.69, 9.17) is 0 Å². The summed E-state index contributed by atoms with van der Waals surface area (Å²) in [6.45, 7) is 0. The number of nitrogens with one attached hydrogen (secondary N) is 1. The normalized spacial score (nSPS) is 11.1. The summed E-state index contributed by atoms with van der Waals surface area (Å²) in [6.07, 6.45) is 1.12. The van der Waals surface area contributed by atoms with Crippen molar-refractivity contribution in [3.8, 4) is 11.6 Å². The van der Waals surface area contributed by atoms with Crippen LogP contribution in [-0.2, 0) is 0 Å². The number of benzene rings is 2. The summed E-state index contributed by atoms with van der Waals surface area (Å²) >= 11 is 3.28. The van der Waals surface area contributed by atoms with Gasteiger partial charge in [-0.05, 0) is 48.5 Å². The summed E-state index contributed by atoms with van der Waals surface area (Å²) in [6, 6.07) is 11.9. The third-order valence-corrected chi connectivity index (χ3v) is 3.90. The second-order valence-corrected chi connectivity index (χ2v) is 5.96. The number of hydrogen-bond donors (Lipinski definition) is 2. The summed E-state index contributed by atoms with van der Waals surface area (Å²) < 4.78 is 14.7. The van der Waals surface area contributed by atoms with Gasteiger partial charge in [0.15, 0.2) is 0 Å². The van der Waals surface area contributed by atoms with Gasteiger partial charge in [0.05, 0.1) is 11.4 Å². The van der Waals surface area contributed by atoms with Gasteiger partial charge in [-0.15, -0.1) is 0 Å². The molecule has 0 saturated carbocycles. The van der Waals surface area contributed by atoms with E-state index >= 15 is 0 Å². The Balaban J connectivity index is 2.10. The molecule has 0 spiro atoms. The molecule has 0 aliphatic carbocycles. The molecule has 2 N–H and O–H groups in total. The van der Waals surface area contributed by atoms with Crippen molar-refractivity contribution in [1.29, 1.82) is 0 Å². The van der Waals surface area contributed by atoms with Crippen molar-refractivity contribution in [3.63, 3.8) is 0 Å². The highest BCUT2D eigenvalue weighted by Gasteiger charge is 2.14. The molecule has 3 rings (SSSR count). The minimum atomic E-state index is -0.776. The van der Waals surface area contributed by atoms with E-state index in [0.29, 0.717) is 11.4 Å². The molecule has 25 heavy (non-hydrogen) atoms. The van der Waals surface area contributed by atoms with Crippen molar-refractivity contribution >= 4 is 27.8 Å². The molecule has 0 bridgehead atoms. The summed E-state index contributed by atoms with van der Waals surface area (Å²) in [5.41, 5.74) is -0.975. The Bertz CT molecular complexity index is 1050. The number of nitrogens with zero attached hydrogens (tertiary/aromatic N) is 2. The van der Waals surface area contributed by atoms with Gasteiger partial charge in [0, 0.05) is 10.7 Å². The molecule has 126 valence electrons. The molecule has 0 radical (unpaired) electrons. The second kappa shape index (κ2) is 6.86. The molecule has 0 fully saturated rings. The lowest BCUT2D eigenvalue weighted by molar-refractivity contribution is 0.430. The summed E-state index contributed by atoms with van der Waals surface area (Å²) in [4.78, 5) is 30.2. The predicted octanol–water partition coefficient (Wildman–Crippen LogP) is 2.88. The number of halogens is 2. The molecule has 0 saturated heterocycles. The highest BCUT2D eigenvalue weighted by Crippen LogP contribution is 2.19. The molecule has 0 amide bonds. The van der Waals surface area contributed by atoms with E-state index in [-0.39, 0.29) is 5.56 Å². The summed E-state index contributed by atoms with van der Waals surface area (Å²) in [5, 5.41) is 10.4. The molecular formula is C17H11BrFN3O3. The van der Waals surface area contributed by atoms with Gasteiger partial charge in [-0.3, -0.25) is 14.8 Å². The highest BCUT2D eigenvalue weighted by atomic mass is 79.9. The van der Waals surface area contributed by atoms with Crippen molar-refractivity contribution < 1.29 is 9.50 Å². The monoisotopic (exact) mass is 403 g/mol. The molecule has 0 unspecified atom stereocenters. The van der Waals surface area contributed by atoms with Crippen LogP contribution in [0.1, 0.15) is 5.56 Å². The molecule has 8 heteroatoms. The Labute approximate surface area is 149 Å². The number of aromatic nitrogens is 2. The summed E-state index contributed by atoms with van der Waals surface area (Å²) in [7, 11) is 0. The van der Waals surface area contributed by atoms with Gasteiger partial charge in [0.1, 0.15) is 11.4 Å². The van der Waals surface area contributed by atoms with Crippen LogP contribution in [0, 0.1) is 5.82 Å². The fourth-order valence-corrected chi connectivity index (χ4v) is 2.42. The third kappa shape index (κ3) is 3.58. The minimum absolute atomic E-state index is 0.188. The SMILES string of the molecule is O=c1[nH]c(=O)n(-c2ccc(Br)cc2)c(O)c1C=Nc1ccc(F)cc1. The van der Waals surface area contributed by atoms with Crippen molar-refractivity contribution in [2.24, 2.45) is 4.99 Å². The van der Waals surface area contributed by atoms with Gasteiger partial charge in [-0.1, -0.05) is 15.9 Å². The minimum Gasteiger partial charge on any atom is -0.493 e. The lowest BCUT2D eigenvalue weighted by Gasteiger charge is -2.09. The maximum absolute atomic E-state index is 12.9. The van der Waals surface area contributed by atoms with Crippen LogP contribution in [0.5, 0.6) is 5.88 Å². The Hall–Kier alpha value is -3.00. The fraction of sp³-hybridized carbons (Fsp3) is 0. The first kappa shape index (κ1) is 16.8. The Morgan fingerprint density at radius 2 is 1.72 bits per heavy atom. The van der Waals surface area contributed by atoms with Gasteiger partial charge in [-0.25, -0.2) is 13.8 Å². The highest BCUT2D eigenvalue weighted by molar-refractivity contribution is 9.10. The van der Waals surface area contributed by atoms with Gasteiger partial charge in [0.2, 0.25) is 5.88 Å². The van der Waals surface area contributed by atoms with E-state index in [1.54, 1.807) is 24.3 Å². The Morgan fingerprint density at radius 1 is 1.08 bits per heavy atom. The number of rotatable bonds is 3. The number of aliphatic imine (C=N–C) groups is 1. The quantitative estimate of drug-likeness (QED) is 0.659. The molecule has 0 aliphatic rings. The van der Waals surface area contributed by atoms with E-state index in [2.05, 4.69) is 25.9 Å². The van der Waals surface area contributed by atoms with Crippen molar-refractivity contribution in [2.75, 3.05) is 0 Å². The van der Waals surface area contributed by atoms with Crippen LogP contribution >= 0.6 is 15.9 Å². The molecule has 6 nitrogen and oxygen atoms in total. The van der Waals surface area contributed by atoms with E-state index in [0.717, 1.165) is 15.3 Å². The summed E-state index contributed by atoms with van der Waals surface area (Å²) in [5.74, 6) is -0.953. The van der Waals surface area contributed by atoms with Crippen LogP contribution in [-0.4, -0.2) is 20.9 Å². The standard InChI is InChI=1S/C17H11BrFN3O3/c18-10-1-7-13(8-2-10)22-16(24)14(15(23)21-17(22)25)9-20-12-5-3-11(19)4-6-12/h1-9,24H,(H,21,23,25). The van der Waals surface area contributed by atoms with Crippen LogP contribution in [0.2, 0.25) is 0 Å². The lowest BCUT2D eigenvalue weighted by Crippen LogP contribution is -2.31. The predicted molar refractivity (Wildman–Crippen MR) is 95.7 cm³/mol. The molecule has 0 aliphatic heterocycles. The van der Waals surface area contributed by atoms with E-state index in [1.807, 2.05) is 0 Å². The largest absolute Gasteiger partial charge is 0.493 e.